The molecule has 6 heteroatoms. The Kier molecular flexibility index (Phi) is 5.02. The number of anilines is 1. The van der Waals surface area contributed by atoms with Crippen molar-refractivity contribution < 1.29 is 23.9 Å². The first-order valence-electron chi connectivity index (χ1n) is 8.26. The summed E-state index contributed by atoms with van der Waals surface area (Å²) in [6, 6.07) is 12.0. The van der Waals surface area contributed by atoms with Gasteiger partial charge in [-0.1, -0.05) is 17.7 Å². The maximum atomic E-state index is 12.4. The Balaban J connectivity index is 1.75. The second-order valence-corrected chi connectivity index (χ2v) is 6.06. The molecule has 3 rings (SSSR count). The smallest absolute Gasteiger partial charge is 0.338 e. The van der Waals surface area contributed by atoms with E-state index in [0.717, 1.165) is 16.0 Å². The minimum Gasteiger partial charge on any atom is -0.496 e. The Hall–Kier alpha value is -3.15. The van der Waals surface area contributed by atoms with Gasteiger partial charge in [-0.25, -0.2) is 4.79 Å². The van der Waals surface area contributed by atoms with Crippen LogP contribution in [0.3, 0.4) is 0 Å². The van der Waals surface area contributed by atoms with E-state index in [0.29, 0.717) is 11.4 Å². The second kappa shape index (κ2) is 7.39. The summed E-state index contributed by atoms with van der Waals surface area (Å²) in [4.78, 5) is 37.2. The molecule has 2 aromatic carbocycles. The predicted molar refractivity (Wildman–Crippen MR) is 95.0 cm³/mol. The van der Waals surface area contributed by atoms with Gasteiger partial charge in [0.2, 0.25) is 11.8 Å². The van der Waals surface area contributed by atoms with E-state index in [4.69, 9.17) is 9.47 Å². The van der Waals surface area contributed by atoms with Gasteiger partial charge in [0.15, 0.2) is 0 Å². The largest absolute Gasteiger partial charge is 0.496 e. The first-order valence-corrected chi connectivity index (χ1v) is 8.26. The summed E-state index contributed by atoms with van der Waals surface area (Å²) in [7, 11) is 1.56. The molecular formula is C20H19NO5. The number of amides is 2. The topological polar surface area (TPSA) is 72.9 Å². The maximum absolute atomic E-state index is 12.4. The van der Waals surface area contributed by atoms with E-state index >= 15 is 0 Å². The van der Waals surface area contributed by atoms with Crippen LogP contribution in [0.4, 0.5) is 5.69 Å². The van der Waals surface area contributed by atoms with Crippen molar-refractivity contribution in [3.8, 4) is 5.75 Å². The molecule has 0 bridgehead atoms. The molecule has 0 N–H and O–H groups in total. The van der Waals surface area contributed by atoms with E-state index in [2.05, 4.69) is 0 Å². The van der Waals surface area contributed by atoms with Crippen molar-refractivity contribution in [1.82, 2.24) is 0 Å². The third-order valence-corrected chi connectivity index (χ3v) is 4.19. The van der Waals surface area contributed by atoms with Crippen LogP contribution in [0.5, 0.6) is 5.75 Å². The van der Waals surface area contributed by atoms with Gasteiger partial charge >= 0.3 is 5.97 Å². The molecule has 1 heterocycles. The molecule has 2 amide bonds. The fourth-order valence-corrected chi connectivity index (χ4v) is 2.88. The summed E-state index contributed by atoms with van der Waals surface area (Å²) in [5.74, 6) is -0.407. The third-order valence-electron chi connectivity index (χ3n) is 4.19. The van der Waals surface area contributed by atoms with Crippen molar-refractivity contribution >= 4 is 23.5 Å². The minimum absolute atomic E-state index is 0.0650. The number of ether oxygens (including phenoxy) is 2. The average molecular weight is 353 g/mol. The number of esters is 1. The Morgan fingerprint density at radius 3 is 2.50 bits per heavy atom. The van der Waals surface area contributed by atoms with Gasteiger partial charge in [0.25, 0.3) is 0 Å². The number of hydrogen-bond acceptors (Lipinski definition) is 5. The summed E-state index contributed by atoms with van der Waals surface area (Å²) < 4.78 is 10.7. The van der Waals surface area contributed by atoms with Crippen LogP contribution in [-0.4, -0.2) is 24.9 Å². The molecule has 0 saturated carbocycles. The monoisotopic (exact) mass is 353 g/mol. The van der Waals surface area contributed by atoms with Crippen LogP contribution in [0.25, 0.3) is 0 Å². The zero-order valence-corrected chi connectivity index (χ0v) is 14.7. The van der Waals surface area contributed by atoms with E-state index in [-0.39, 0.29) is 36.8 Å². The molecule has 0 radical (unpaired) electrons. The molecule has 0 atom stereocenters. The zero-order chi connectivity index (χ0) is 18.7. The van der Waals surface area contributed by atoms with Crippen LogP contribution < -0.4 is 9.64 Å². The number of aryl methyl sites for hydroxylation is 1. The highest BCUT2D eigenvalue weighted by Gasteiger charge is 2.30. The molecule has 1 fully saturated rings. The molecule has 1 saturated heterocycles. The van der Waals surface area contributed by atoms with Gasteiger partial charge in [-0.3, -0.25) is 14.5 Å². The highest BCUT2D eigenvalue weighted by atomic mass is 16.5. The number of nitrogens with zero attached hydrogens (tertiary/aromatic N) is 1. The van der Waals surface area contributed by atoms with E-state index in [1.807, 2.05) is 25.1 Å². The maximum Gasteiger partial charge on any atom is 0.338 e. The second-order valence-electron chi connectivity index (χ2n) is 6.06. The molecule has 0 spiro atoms. The summed E-state index contributed by atoms with van der Waals surface area (Å²) in [5, 5.41) is 0. The van der Waals surface area contributed by atoms with Gasteiger partial charge in [-0.05, 0) is 37.3 Å². The minimum atomic E-state index is -0.533. The van der Waals surface area contributed by atoms with Crippen LogP contribution in [0.15, 0.2) is 42.5 Å². The summed E-state index contributed by atoms with van der Waals surface area (Å²) in [6.07, 6.45) is 0.390. The van der Waals surface area contributed by atoms with Crippen molar-refractivity contribution in [2.24, 2.45) is 0 Å². The molecule has 0 aromatic heterocycles. The number of imide groups is 1. The lowest BCUT2D eigenvalue weighted by Gasteiger charge is -2.15. The van der Waals surface area contributed by atoms with Crippen LogP contribution in [0, 0.1) is 6.92 Å². The SMILES string of the molecule is COc1ccc(C)cc1COC(=O)c1cccc(N2C(=O)CCC2=O)c1. The fraction of sp³-hybridized carbons (Fsp3) is 0.250. The predicted octanol–water partition coefficient (Wildman–Crippen LogP) is 3.01. The summed E-state index contributed by atoms with van der Waals surface area (Å²) in [5.41, 5.74) is 2.47. The van der Waals surface area contributed by atoms with Crippen molar-refractivity contribution in [2.45, 2.75) is 26.4 Å². The normalized spacial score (nSPS) is 13.8. The van der Waals surface area contributed by atoms with Gasteiger partial charge < -0.3 is 9.47 Å². The molecule has 1 aliphatic rings. The van der Waals surface area contributed by atoms with Crippen molar-refractivity contribution in [2.75, 3.05) is 12.0 Å². The quantitative estimate of drug-likeness (QED) is 0.610. The van der Waals surface area contributed by atoms with Crippen LogP contribution >= 0.6 is 0 Å². The first kappa shape index (κ1) is 17.7. The first-order chi connectivity index (χ1) is 12.5. The molecule has 0 unspecified atom stereocenters. The number of carbonyl (C=O) groups excluding carboxylic acids is 3. The van der Waals surface area contributed by atoms with Gasteiger partial charge in [0.1, 0.15) is 12.4 Å². The fourth-order valence-electron chi connectivity index (χ4n) is 2.88. The van der Waals surface area contributed by atoms with E-state index in [9.17, 15) is 14.4 Å². The van der Waals surface area contributed by atoms with Crippen LogP contribution in [-0.2, 0) is 20.9 Å². The Morgan fingerprint density at radius 1 is 1.08 bits per heavy atom. The van der Waals surface area contributed by atoms with Crippen LogP contribution in [0.1, 0.15) is 34.3 Å². The van der Waals surface area contributed by atoms with Crippen molar-refractivity contribution in [3.05, 3.63) is 59.2 Å². The van der Waals surface area contributed by atoms with Gasteiger partial charge in [0, 0.05) is 18.4 Å². The highest BCUT2D eigenvalue weighted by Crippen LogP contribution is 2.24. The van der Waals surface area contributed by atoms with E-state index in [1.165, 1.54) is 6.07 Å². The number of carbonyl (C=O) groups is 3. The van der Waals surface area contributed by atoms with Crippen molar-refractivity contribution in [1.29, 1.82) is 0 Å². The van der Waals surface area contributed by atoms with E-state index in [1.54, 1.807) is 25.3 Å². The van der Waals surface area contributed by atoms with Gasteiger partial charge in [-0.2, -0.15) is 0 Å². The number of methoxy groups -OCH3 is 1. The van der Waals surface area contributed by atoms with Crippen LogP contribution in [0.2, 0.25) is 0 Å². The lowest BCUT2D eigenvalue weighted by Crippen LogP contribution is -2.28. The number of hydrogen-bond donors (Lipinski definition) is 0. The Labute approximate surface area is 151 Å². The Morgan fingerprint density at radius 2 is 1.81 bits per heavy atom. The Bertz CT molecular complexity index is 858. The highest BCUT2D eigenvalue weighted by molar-refractivity contribution is 6.20. The van der Waals surface area contributed by atoms with Gasteiger partial charge in [0.05, 0.1) is 18.4 Å². The molecule has 6 nitrogen and oxygen atoms in total. The average Bonchev–Trinajstić information content (AvgIpc) is 2.98. The molecular weight excluding hydrogens is 334 g/mol. The molecule has 0 aliphatic carbocycles. The summed E-state index contributed by atoms with van der Waals surface area (Å²) >= 11 is 0. The molecule has 26 heavy (non-hydrogen) atoms. The standard InChI is InChI=1S/C20H19NO5/c1-13-6-7-17(25-2)15(10-13)12-26-20(24)14-4-3-5-16(11-14)21-18(22)8-9-19(21)23/h3-7,10-11H,8-9,12H2,1-2H3. The third kappa shape index (κ3) is 3.59. The van der Waals surface area contributed by atoms with E-state index < -0.39 is 5.97 Å². The number of benzene rings is 2. The van der Waals surface area contributed by atoms with Gasteiger partial charge in [-0.15, -0.1) is 0 Å². The number of rotatable bonds is 5. The molecule has 2 aromatic rings. The molecule has 1 aliphatic heterocycles. The summed E-state index contributed by atoms with van der Waals surface area (Å²) in [6.45, 7) is 2.01. The lowest BCUT2D eigenvalue weighted by molar-refractivity contribution is -0.121. The lowest BCUT2D eigenvalue weighted by atomic mass is 10.1. The molecule has 134 valence electrons. The zero-order valence-electron chi connectivity index (χ0n) is 14.7. The van der Waals surface area contributed by atoms with Crippen molar-refractivity contribution in [3.63, 3.8) is 0 Å².